The van der Waals surface area contributed by atoms with E-state index in [-0.39, 0.29) is 42.8 Å². The molecular formula is C24H23N5O3S2. The number of nitrogens with zero attached hydrogens (tertiary/aromatic N) is 5. The number of aromatic nitrogens is 3. The quantitative estimate of drug-likeness (QED) is 0.425. The molecule has 0 saturated carbocycles. The van der Waals surface area contributed by atoms with Crippen molar-refractivity contribution in [1.29, 1.82) is 0 Å². The number of hydrogen-bond donors (Lipinski definition) is 0. The molecule has 0 bridgehead atoms. The number of sulfonamides is 1. The monoisotopic (exact) mass is 493 g/mol. The molecule has 1 amide bonds. The van der Waals surface area contributed by atoms with E-state index >= 15 is 0 Å². The van der Waals surface area contributed by atoms with Crippen molar-refractivity contribution in [2.24, 2.45) is 0 Å². The average molecular weight is 494 g/mol. The molecule has 1 fully saturated rings. The molecule has 4 aromatic rings. The molecule has 0 spiro atoms. The summed E-state index contributed by atoms with van der Waals surface area (Å²) in [4.78, 5) is 20.6. The number of rotatable bonds is 5. The molecule has 1 aliphatic heterocycles. The van der Waals surface area contributed by atoms with Crippen molar-refractivity contribution in [2.75, 3.05) is 26.2 Å². The number of para-hydroxylation sites is 1. The van der Waals surface area contributed by atoms with Crippen molar-refractivity contribution in [3.8, 4) is 16.4 Å². The zero-order chi connectivity index (χ0) is 23.7. The molecule has 174 valence electrons. The summed E-state index contributed by atoms with van der Waals surface area (Å²) in [6, 6.07) is 20.2. The van der Waals surface area contributed by atoms with E-state index in [9.17, 15) is 13.2 Å². The van der Waals surface area contributed by atoms with Gasteiger partial charge in [-0.05, 0) is 42.6 Å². The van der Waals surface area contributed by atoms with Gasteiger partial charge in [0.05, 0.1) is 15.5 Å². The van der Waals surface area contributed by atoms with Crippen LogP contribution in [-0.4, -0.2) is 64.5 Å². The Kier molecular flexibility index (Phi) is 6.03. The van der Waals surface area contributed by atoms with E-state index < -0.39 is 10.0 Å². The van der Waals surface area contributed by atoms with Gasteiger partial charge in [0, 0.05) is 26.2 Å². The van der Waals surface area contributed by atoms with Gasteiger partial charge in [0.15, 0.2) is 5.82 Å². The first-order chi connectivity index (χ1) is 16.4. The van der Waals surface area contributed by atoms with Gasteiger partial charge >= 0.3 is 0 Å². The number of carbonyl (C=O) groups is 1. The van der Waals surface area contributed by atoms with Crippen LogP contribution in [0, 0.1) is 6.92 Å². The molecule has 8 nitrogen and oxygen atoms in total. The summed E-state index contributed by atoms with van der Waals surface area (Å²) in [5, 5.41) is 6.48. The topological polar surface area (TPSA) is 88.4 Å². The molecule has 0 unspecified atom stereocenters. The standard InChI is InChI=1S/C24H23N5O3S2/c1-18-9-11-20(12-10-18)34(31,32)28-15-13-27(14-16-28)24(30)22-25-23(21-8-5-17-33-21)29(26-22)19-6-3-2-4-7-19/h2-12,17H,13-16H2,1H3. The van der Waals surface area contributed by atoms with Crippen molar-refractivity contribution < 1.29 is 13.2 Å². The van der Waals surface area contributed by atoms with Gasteiger partial charge in [0.2, 0.25) is 15.8 Å². The normalized spacial score (nSPS) is 14.9. The number of aryl methyl sites for hydroxylation is 1. The molecule has 3 heterocycles. The predicted octanol–water partition coefficient (Wildman–Crippen LogP) is 3.45. The van der Waals surface area contributed by atoms with E-state index in [1.807, 2.05) is 54.8 Å². The maximum Gasteiger partial charge on any atom is 0.293 e. The highest BCUT2D eigenvalue weighted by Crippen LogP contribution is 2.26. The average Bonchev–Trinajstić information content (AvgIpc) is 3.55. The molecule has 2 aromatic carbocycles. The zero-order valence-electron chi connectivity index (χ0n) is 18.5. The first-order valence-corrected chi connectivity index (χ1v) is 13.2. The second-order valence-electron chi connectivity index (χ2n) is 7.99. The second kappa shape index (κ2) is 9.13. The van der Waals surface area contributed by atoms with Crippen LogP contribution in [0.25, 0.3) is 16.4 Å². The lowest BCUT2D eigenvalue weighted by Crippen LogP contribution is -2.50. The summed E-state index contributed by atoms with van der Waals surface area (Å²) in [6.45, 7) is 2.91. The molecule has 34 heavy (non-hydrogen) atoms. The van der Waals surface area contributed by atoms with Crippen LogP contribution < -0.4 is 0 Å². The smallest absolute Gasteiger partial charge is 0.293 e. The summed E-state index contributed by atoms with van der Waals surface area (Å²) in [5.74, 6) is 0.395. The molecule has 5 rings (SSSR count). The van der Waals surface area contributed by atoms with Crippen molar-refractivity contribution in [1.82, 2.24) is 24.0 Å². The molecule has 0 N–H and O–H groups in total. The van der Waals surface area contributed by atoms with Gasteiger partial charge in [-0.2, -0.15) is 4.31 Å². The first kappa shape index (κ1) is 22.5. The van der Waals surface area contributed by atoms with Gasteiger partial charge in [-0.1, -0.05) is 42.0 Å². The molecule has 0 atom stereocenters. The van der Waals surface area contributed by atoms with Gasteiger partial charge in [0.1, 0.15) is 0 Å². The summed E-state index contributed by atoms with van der Waals surface area (Å²) in [5.41, 5.74) is 1.81. The minimum atomic E-state index is -3.60. The lowest BCUT2D eigenvalue weighted by atomic mass is 10.2. The van der Waals surface area contributed by atoms with Crippen molar-refractivity contribution in [3.05, 3.63) is 83.5 Å². The molecule has 10 heteroatoms. The van der Waals surface area contributed by atoms with Crippen LogP contribution in [0.15, 0.2) is 77.0 Å². The van der Waals surface area contributed by atoms with E-state index in [0.29, 0.717) is 5.82 Å². The third-order valence-electron chi connectivity index (χ3n) is 5.73. The van der Waals surface area contributed by atoms with Crippen LogP contribution >= 0.6 is 11.3 Å². The Bertz CT molecular complexity index is 1390. The van der Waals surface area contributed by atoms with Crippen LogP contribution in [0.4, 0.5) is 0 Å². The van der Waals surface area contributed by atoms with E-state index in [2.05, 4.69) is 10.1 Å². The van der Waals surface area contributed by atoms with E-state index in [1.54, 1.807) is 33.8 Å². The fourth-order valence-electron chi connectivity index (χ4n) is 3.85. The zero-order valence-corrected chi connectivity index (χ0v) is 20.2. The number of benzene rings is 2. The van der Waals surface area contributed by atoms with Gasteiger partial charge in [-0.3, -0.25) is 4.79 Å². The lowest BCUT2D eigenvalue weighted by molar-refractivity contribution is 0.0685. The molecule has 1 aliphatic rings. The summed E-state index contributed by atoms with van der Waals surface area (Å²) in [6.07, 6.45) is 0. The highest BCUT2D eigenvalue weighted by molar-refractivity contribution is 7.89. The van der Waals surface area contributed by atoms with E-state index in [4.69, 9.17) is 0 Å². The van der Waals surface area contributed by atoms with Crippen molar-refractivity contribution in [3.63, 3.8) is 0 Å². The van der Waals surface area contributed by atoms with E-state index in [1.165, 1.54) is 15.6 Å². The maximum atomic E-state index is 13.3. The van der Waals surface area contributed by atoms with Crippen LogP contribution in [0.5, 0.6) is 0 Å². The van der Waals surface area contributed by atoms with Gasteiger partial charge in [-0.15, -0.1) is 16.4 Å². The maximum absolute atomic E-state index is 13.3. The Balaban J connectivity index is 1.36. The SMILES string of the molecule is Cc1ccc(S(=O)(=O)N2CCN(C(=O)c3nc(-c4cccs4)n(-c4ccccc4)n3)CC2)cc1. The third kappa shape index (κ3) is 4.27. The molecule has 2 aromatic heterocycles. The van der Waals surface area contributed by atoms with Crippen LogP contribution in [0.3, 0.4) is 0 Å². The minimum Gasteiger partial charge on any atom is -0.333 e. The van der Waals surface area contributed by atoms with E-state index in [0.717, 1.165) is 16.1 Å². The molecule has 0 radical (unpaired) electrons. The number of amides is 1. The highest BCUT2D eigenvalue weighted by atomic mass is 32.2. The van der Waals surface area contributed by atoms with Crippen molar-refractivity contribution >= 4 is 27.3 Å². The molecule has 0 aliphatic carbocycles. The highest BCUT2D eigenvalue weighted by Gasteiger charge is 2.32. The van der Waals surface area contributed by atoms with Crippen LogP contribution in [0.1, 0.15) is 16.2 Å². The largest absolute Gasteiger partial charge is 0.333 e. The third-order valence-corrected chi connectivity index (χ3v) is 8.50. The van der Waals surface area contributed by atoms with Gasteiger partial charge in [-0.25, -0.2) is 18.1 Å². The predicted molar refractivity (Wildman–Crippen MR) is 131 cm³/mol. The Hall–Kier alpha value is -3.34. The number of hydrogen-bond acceptors (Lipinski definition) is 6. The van der Waals surface area contributed by atoms with Crippen LogP contribution in [-0.2, 0) is 10.0 Å². The number of thiophene rings is 1. The fourth-order valence-corrected chi connectivity index (χ4v) is 5.97. The van der Waals surface area contributed by atoms with Crippen LogP contribution in [0.2, 0.25) is 0 Å². The molecular weight excluding hydrogens is 470 g/mol. The Morgan fingerprint density at radius 3 is 2.26 bits per heavy atom. The first-order valence-electron chi connectivity index (χ1n) is 10.9. The Morgan fingerprint density at radius 2 is 1.62 bits per heavy atom. The molecule has 1 saturated heterocycles. The fraction of sp³-hybridized carbons (Fsp3) is 0.208. The minimum absolute atomic E-state index is 0.0992. The Morgan fingerprint density at radius 1 is 0.912 bits per heavy atom. The lowest BCUT2D eigenvalue weighted by Gasteiger charge is -2.33. The van der Waals surface area contributed by atoms with Gasteiger partial charge in [0.25, 0.3) is 5.91 Å². The second-order valence-corrected chi connectivity index (χ2v) is 10.9. The summed E-state index contributed by atoms with van der Waals surface area (Å²) < 4.78 is 29.1. The van der Waals surface area contributed by atoms with Crippen molar-refractivity contribution in [2.45, 2.75) is 11.8 Å². The summed E-state index contributed by atoms with van der Waals surface area (Å²) >= 11 is 1.53. The van der Waals surface area contributed by atoms with Gasteiger partial charge < -0.3 is 4.90 Å². The summed E-state index contributed by atoms with van der Waals surface area (Å²) in [7, 11) is -3.60. The number of carbonyl (C=O) groups excluding carboxylic acids is 1. The number of piperazine rings is 1. The Labute approximate surface area is 202 Å².